The van der Waals surface area contributed by atoms with Gasteiger partial charge in [-0.05, 0) is 26.2 Å². The van der Waals surface area contributed by atoms with Gasteiger partial charge in [0.1, 0.15) is 0 Å². The summed E-state index contributed by atoms with van der Waals surface area (Å²) in [7, 11) is 1.78. The monoisotopic (exact) mass is 491 g/mol. The minimum atomic E-state index is 0. The van der Waals surface area contributed by atoms with Crippen LogP contribution in [0.15, 0.2) is 11.2 Å². The van der Waals surface area contributed by atoms with E-state index in [9.17, 15) is 4.79 Å². The summed E-state index contributed by atoms with van der Waals surface area (Å²) in [6, 6.07) is 0.280. The highest BCUT2D eigenvalue weighted by molar-refractivity contribution is 14.0. The van der Waals surface area contributed by atoms with E-state index in [-0.39, 0.29) is 35.9 Å². The number of aliphatic imine (C=N–C) groups is 1. The molecule has 1 amide bonds. The zero-order valence-corrected chi connectivity index (χ0v) is 18.8. The van der Waals surface area contributed by atoms with Crippen LogP contribution in [-0.2, 0) is 11.3 Å². The number of guanidine groups is 1. The summed E-state index contributed by atoms with van der Waals surface area (Å²) in [6.07, 6.45) is 8.74. The maximum absolute atomic E-state index is 12.7. The Balaban J connectivity index is 0.00000243. The fourth-order valence-electron chi connectivity index (χ4n) is 3.73. The Kier molecular flexibility index (Phi) is 8.59. The third-order valence-electron chi connectivity index (χ3n) is 5.12. The van der Waals surface area contributed by atoms with E-state index in [1.165, 1.54) is 24.1 Å². The van der Waals surface area contributed by atoms with Crippen LogP contribution in [-0.4, -0.2) is 47.9 Å². The van der Waals surface area contributed by atoms with E-state index in [4.69, 9.17) is 0 Å². The minimum absolute atomic E-state index is 0. The van der Waals surface area contributed by atoms with Crippen molar-refractivity contribution in [2.45, 2.75) is 58.0 Å². The number of nitrogens with zero attached hydrogens (tertiary/aromatic N) is 3. The molecule has 1 saturated carbocycles. The highest BCUT2D eigenvalue weighted by Gasteiger charge is 2.31. The molecule has 1 saturated heterocycles. The van der Waals surface area contributed by atoms with Gasteiger partial charge in [0, 0.05) is 43.2 Å². The van der Waals surface area contributed by atoms with Crippen molar-refractivity contribution in [2.75, 3.05) is 20.1 Å². The van der Waals surface area contributed by atoms with E-state index in [0.717, 1.165) is 49.9 Å². The van der Waals surface area contributed by atoms with Crippen molar-refractivity contribution in [1.29, 1.82) is 0 Å². The molecular formula is C18H30IN5OS. The van der Waals surface area contributed by atoms with Gasteiger partial charge in [-0.1, -0.05) is 19.3 Å². The molecule has 2 N–H and O–H groups in total. The number of likely N-dealkylation sites (tertiary alicyclic amines) is 1. The van der Waals surface area contributed by atoms with Gasteiger partial charge in [0.15, 0.2) is 5.96 Å². The Bertz CT molecular complexity index is 614. The van der Waals surface area contributed by atoms with Crippen LogP contribution in [0.25, 0.3) is 0 Å². The molecule has 2 aliphatic rings. The van der Waals surface area contributed by atoms with Crippen molar-refractivity contribution in [3.05, 3.63) is 16.1 Å². The zero-order valence-electron chi connectivity index (χ0n) is 15.7. The molecule has 1 atom stereocenters. The lowest BCUT2D eigenvalue weighted by molar-refractivity contribution is -0.135. The number of thiazole rings is 1. The summed E-state index contributed by atoms with van der Waals surface area (Å²) < 4.78 is 0. The first-order chi connectivity index (χ1) is 12.2. The average molecular weight is 491 g/mol. The molecule has 0 radical (unpaired) electrons. The molecule has 146 valence electrons. The second-order valence-corrected chi connectivity index (χ2v) is 8.34. The van der Waals surface area contributed by atoms with Crippen LogP contribution < -0.4 is 10.6 Å². The Hall–Kier alpha value is -0.900. The van der Waals surface area contributed by atoms with E-state index in [2.05, 4.69) is 20.6 Å². The molecular weight excluding hydrogens is 461 g/mol. The quantitative estimate of drug-likeness (QED) is 0.386. The maximum Gasteiger partial charge on any atom is 0.225 e. The van der Waals surface area contributed by atoms with Crippen LogP contribution in [0.1, 0.15) is 48.4 Å². The lowest BCUT2D eigenvalue weighted by atomic mass is 9.88. The van der Waals surface area contributed by atoms with Gasteiger partial charge in [-0.2, -0.15) is 0 Å². The summed E-state index contributed by atoms with van der Waals surface area (Å²) in [5, 5.41) is 7.88. The second kappa shape index (κ2) is 10.4. The lowest BCUT2D eigenvalue weighted by Gasteiger charge is -2.26. The van der Waals surface area contributed by atoms with Crippen molar-refractivity contribution in [3.8, 4) is 0 Å². The number of amides is 1. The fourth-order valence-corrected chi connectivity index (χ4v) is 4.47. The van der Waals surface area contributed by atoms with Gasteiger partial charge in [-0.25, -0.2) is 4.98 Å². The Morgan fingerprint density at radius 3 is 2.77 bits per heavy atom. The normalized spacial score (nSPS) is 21.4. The molecule has 6 nitrogen and oxygen atoms in total. The van der Waals surface area contributed by atoms with E-state index in [1.54, 1.807) is 18.4 Å². The van der Waals surface area contributed by atoms with Crippen molar-refractivity contribution < 1.29 is 4.79 Å². The highest BCUT2D eigenvalue weighted by atomic mass is 127. The van der Waals surface area contributed by atoms with Crippen LogP contribution in [0.2, 0.25) is 0 Å². The number of hydrogen-bond acceptors (Lipinski definition) is 4. The van der Waals surface area contributed by atoms with E-state index in [1.807, 2.05) is 18.0 Å². The number of halogens is 1. The maximum atomic E-state index is 12.7. The van der Waals surface area contributed by atoms with Gasteiger partial charge in [0.05, 0.1) is 11.6 Å². The van der Waals surface area contributed by atoms with Crippen LogP contribution in [0.3, 0.4) is 0 Å². The summed E-state index contributed by atoms with van der Waals surface area (Å²) in [6.45, 7) is 4.38. The smallest absolute Gasteiger partial charge is 0.225 e. The van der Waals surface area contributed by atoms with Gasteiger partial charge in [-0.15, -0.1) is 35.3 Å². The molecule has 26 heavy (non-hydrogen) atoms. The van der Waals surface area contributed by atoms with Crippen LogP contribution in [0.5, 0.6) is 0 Å². The fraction of sp³-hybridized carbons (Fsp3) is 0.722. The van der Waals surface area contributed by atoms with Crippen molar-refractivity contribution >= 4 is 47.2 Å². The van der Waals surface area contributed by atoms with Crippen molar-refractivity contribution in [3.63, 3.8) is 0 Å². The van der Waals surface area contributed by atoms with E-state index < -0.39 is 0 Å². The van der Waals surface area contributed by atoms with Gasteiger partial charge in [-0.3, -0.25) is 9.79 Å². The molecule has 1 aromatic heterocycles. The summed E-state index contributed by atoms with van der Waals surface area (Å²) in [5.41, 5.74) is 0. The predicted octanol–water partition coefficient (Wildman–Crippen LogP) is 2.92. The molecule has 1 aromatic rings. The van der Waals surface area contributed by atoms with E-state index in [0.29, 0.717) is 5.91 Å². The molecule has 0 aromatic carbocycles. The first-order valence-electron chi connectivity index (χ1n) is 9.33. The second-order valence-electron chi connectivity index (χ2n) is 7.02. The van der Waals surface area contributed by atoms with Crippen LogP contribution in [0, 0.1) is 12.8 Å². The SMILES string of the molecule is CN=C(NCc1cnc(C)s1)NC1CCN(C(=O)C2CCCCC2)C1.I. The van der Waals surface area contributed by atoms with Crippen LogP contribution in [0.4, 0.5) is 0 Å². The number of rotatable bonds is 4. The summed E-state index contributed by atoms with van der Waals surface area (Å²) in [4.78, 5) is 24.5. The van der Waals surface area contributed by atoms with Gasteiger partial charge < -0.3 is 15.5 Å². The minimum Gasteiger partial charge on any atom is -0.352 e. The van der Waals surface area contributed by atoms with E-state index >= 15 is 0 Å². The topological polar surface area (TPSA) is 69.6 Å². The number of aromatic nitrogens is 1. The molecule has 1 unspecified atom stereocenters. The molecule has 8 heteroatoms. The number of carbonyl (C=O) groups excluding carboxylic acids is 1. The standard InChI is InChI=1S/C18H29N5OS.HI/c1-13-20-10-16(25-13)11-21-18(19-2)22-15-8-9-23(12-15)17(24)14-6-4-3-5-7-14;/h10,14-15H,3-9,11-12H2,1-2H3,(H2,19,21,22);1H. The zero-order chi connectivity index (χ0) is 17.6. The molecule has 2 heterocycles. The third-order valence-corrected chi connectivity index (χ3v) is 6.03. The third kappa shape index (κ3) is 5.80. The highest BCUT2D eigenvalue weighted by Crippen LogP contribution is 2.26. The van der Waals surface area contributed by atoms with Crippen molar-refractivity contribution in [1.82, 2.24) is 20.5 Å². The molecule has 1 aliphatic carbocycles. The summed E-state index contributed by atoms with van der Waals surface area (Å²) >= 11 is 1.69. The Morgan fingerprint density at radius 2 is 2.12 bits per heavy atom. The number of carbonyl (C=O) groups is 1. The van der Waals surface area contributed by atoms with Gasteiger partial charge >= 0.3 is 0 Å². The Labute approximate surface area is 177 Å². The average Bonchev–Trinajstić information content (AvgIpc) is 3.27. The van der Waals surface area contributed by atoms with Gasteiger partial charge in [0.25, 0.3) is 0 Å². The molecule has 0 spiro atoms. The largest absolute Gasteiger partial charge is 0.352 e. The molecule has 0 bridgehead atoms. The lowest BCUT2D eigenvalue weighted by Crippen LogP contribution is -2.45. The number of aryl methyl sites for hydroxylation is 1. The van der Waals surface area contributed by atoms with Crippen LogP contribution >= 0.6 is 35.3 Å². The molecule has 1 aliphatic heterocycles. The number of hydrogen-bond donors (Lipinski definition) is 2. The molecule has 3 rings (SSSR count). The Morgan fingerprint density at radius 1 is 1.35 bits per heavy atom. The van der Waals surface area contributed by atoms with Gasteiger partial charge in [0.2, 0.25) is 5.91 Å². The predicted molar refractivity (Wildman–Crippen MR) is 117 cm³/mol. The summed E-state index contributed by atoms with van der Waals surface area (Å²) in [5.74, 6) is 1.43. The van der Waals surface area contributed by atoms with Crippen molar-refractivity contribution in [2.24, 2.45) is 10.9 Å². The molecule has 2 fully saturated rings. The first-order valence-corrected chi connectivity index (χ1v) is 10.1. The first kappa shape index (κ1) is 21.4. The number of nitrogens with one attached hydrogen (secondary N) is 2.